The average Bonchev–Trinajstić information content (AvgIpc) is 2.48. The van der Waals surface area contributed by atoms with Crippen LogP contribution in [-0.2, 0) is 6.54 Å². The summed E-state index contributed by atoms with van der Waals surface area (Å²) in [4.78, 5) is 11.9. The van der Waals surface area contributed by atoms with Gasteiger partial charge in [-0.3, -0.25) is 4.79 Å². The van der Waals surface area contributed by atoms with E-state index in [0.717, 1.165) is 5.56 Å². The molecule has 0 heterocycles. The highest BCUT2D eigenvalue weighted by molar-refractivity contribution is 5.97. The number of rotatable bonds is 5. The highest BCUT2D eigenvalue weighted by atomic mass is 16.1. The van der Waals surface area contributed by atoms with Crippen LogP contribution in [0, 0.1) is 17.4 Å². The van der Waals surface area contributed by atoms with Gasteiger partial charge in [0.1, 0.15) is 0 Å². The zero-order valence-electron chi connectivity index (χ0n) is 10.4. The Hall–Kier alpha value is -2.44. The third kappa shape index (κ3) is 3.77. The summed E-state index contributed by atoms with van der Waals surface area (Å²) >= 11 is 0. The lowest BCUT2D eigenvalue weighted by Crippen LogP contribution is -2.22. The van der Waals surface area contributed by atoms with Crippen LogP contribution < -0.4 is 5.32 Å². The van der Waals surface area contributed by atoms with Crippen molar-refractivity contribution in [2.24, 2.45) is 0 Å². The van der Waals surface area contributed by atoms with Gasteiger partial charge in [0.05, 0.1) is 18.2 Å². The Bertz CT molecular complexity index is 600. The van der Waals surface area contributed by atoms with Crippen molar-refractivity contribution in [3.8, 4) is 6.07 Å². The normalized spacial score (nSPS) is 9.84. The predicted molar refractivity (Wildman–Crippen MR) is 72.5 cm³/mol. The predicted octanol–water partition coefficient (Wildman–Crippen LogP) is 2.33. The van der Waals surface area contributed by atoms with E-state index in [2.05, 4.69) is 11.4 Å². The number of hydrogen-bond acceptors (Lipinski definition) is 3. The number of nitrogens with one attached hydrogen (secondary N) is 1. The molecule has 0 unspecified atom stereocenters. The Kier molecular flexibility index (Phi) is 4.44. The van der Waals surface area contributed by atoms with Gasteiger partial charge >= 0.3 is 0 Å². The molecule has 0 bridgehead atoms. The molecule has 0 fully saturated rings. The zero-order chi connectivity index (χ0) is 13.5. The minimum absolute atomic E-state index is 0.0143. The molecule has 93 valence electrons. The van der Waals surface area contributed by atoms with E-state index in [1.54, 1.807) is 24.3 Å². The van der Waals surface area contributed by atoms with Gasteiger partial charge in [-0.1, -0.05) is 36.4 Å². The largest absolute Gasteiger partial charge is 0.306 e. The van der Waals surface area contributed by atoms with Crippen LogP contribution in [0.4, 0.5) is 0 Å². The third-order valence-corrected chi connectivity index (χ3v) is 2.72. The number of nitrogens with zero attached hydrogens (tertiary/aromatic N) is 1. The van der Waals surface area contributed by atoms with E-state index in [0.29, 0.717) is 17.7 Å². The van der Waals surface area contributed by atoms with Crippen molar-refractivity contribution >= 4 is 5.78 Å². The van der Waals surface area contributed by atoms with Crippen LogP contribution in [0.5, 0.6) is 0 Å². The fourth-order valence-corrected chi connectivity index (χ4v) is 1.72. The number of hydrogen-bond donors (Lipinski definition) is 1. The van der Waals surface area contributed by atoms with E-state index >= 15 is 0 Å². The molecule has 2 aromatic rings. The van der Waals surface area contributed by atoms with Crippen molar-refractivity contribution in [2.45, 2.75) is 6.54 Å². The lowest BCUT2D eigenvalue weighted by atomic mass is 10.1. The Morgan fingerprint density at radius 1 is 1.26 bits per heavy atom. The van der Waals surface area contributed by atoms with Crippen molar-refractivity contribution < 1.29 is 4.79 Å². The number of carbonyl (C=O) groups is 1. The molecular formula is C16H13N2O. The van der Waals surface area contributed by atoms with E-state index in [4.69, 9.17) is 5.26 Å². The van der Waals surface area contributed by atoms with Crippen LogP contribution in [-0.4, -0.2) is 12.3 Å². The van der Waals surface area contributed by atoms with E-state index in [1.165, 1.54) is 0 Å². The van der Waals surface area contributed by atoms with Crippen LogP contribution in [0.25, 0.3) is 0 Å². The topological polar surface area (TPSA) is 52.9 Å². The van der Waals surface area contributed by atoms with Crippen molar-refractivity contribution in [2.75, 3.05) is 6.54 Å². The summed E-state index contributed by atoms with van der Waals surface area (Å²) in [6, 6.07) is 19.3. The average molecular weight is 249 g/mol. The highest BCUT2D eigenvalue weighted by Crippen LogP contribution is 2.05. The van der Waals surface area contributed by atoms with Gasteiger partial charge < -0.3 is 5.32 Å². The molecule has 2 aromatic carbocycles. The number of benzene rings is 2. The maximum Gasteiger partial charge on any atom is 0.176 e. The van der Waals surface area contributed by atoms with Crippen LogP contribution in [0.1, 0.15) is 21.5 Å². The van der Waals surface area contributed by atoms with Gasteiger partial charge in [-0.15, -0.1) is 0 Å². The second-order valence-corrected chi connectivity index (χ2v) is 4.13. The van der Waals surface area contributed by atoms with E-state index in [9.17, 15) is 4.79 Å². The first kappa shape index (κ1) is 13.0. The molecule has 1 N–H and O–H groups in total. The Labute approximate surface area is 112 Å². The highest BCUT2D eigenvalue weighted by Gasteiger charge is 2.05. The summed E-state index contributed by atoms with van der Waals surface area (Å²) in [7, 11) is 0. The van der Waals surface area contributed by atoms with Gasteiger partial charge in [0.15, 0.2) is 5.78 Å². The summed E-state index contributed by atoms with van der Waals surface area (Å²) in [5.74, 6) is -0.0143. The Morgan fingerprint density at radius 2 is 2.05 bits per heavy atom. The van der Waals surface area contributed by atoms with Gasteiger partial charge in [-0.2, -0.15) is 5.26 Å². The monoisotopic (exact) mass is 249 g/mol. The van der Waals surface area contributed by atoms with Crippen LogP contribution in [0.2, 0.25) is 0 Å². The lowest BCUT2D eigenvalue weighted by Gasteiger charge is -2.04. The minimum atomic E-state index is -0.0143. The summed E-state index contributed by atoms with van der Waals surface area (Å²) in [5.41, 5.74) is 2.18. The number of Topliss-reactive ketones (excluding diaryl/α,β-unsaturated/α-hetero) is 1. The quantitative estimate of drug-likeness (QED) is 0.827. The molecule has 3 heteroatoms. The molecule has 0 amide bonds. The van der Waals surface area contributed by atoms with Gasteiger partial charge in [-0.25, -0.2) is 0 Å². The molecule has 0 saturated heterocycles. The van der Waals surface area contributed by atoms with Crippen LogP contribution in [0.3, 0.4) is 0 Å². The molecule has 0 spiro atoms. The molecule has 0 aromatic heterocycles. The van der Waals surface area contributed by atoms with Crippen LogP contribution in [0.15, 0.2) is 48.5 Å². The minimum Gasteiger partial charge on any atom is -0.306 e. The Balaban J connectivity index is 1.89. The molecule has 0 aliphatic heterocycles. The molecule has 1 radical (unpaired) electrons. The number of ketones is 1. The van der Waals surface area contributed by atoms with Gasteiger partial charge in [-0.05, 0) is 23.8 Å². The third-order valence-electron chi connectivity index (χ3n) is 2.72. The molecule has 3 nitrogen and oxygen atoms in total. The Morgan fingerprint density at radius 3 is 2.79 bits per heavy atom. The molecule has 2 rings (SSSR count). The van der Waals surface area contributed by atoms with Crippen molar-refractivity contribution in [3.63, 3.8) is 0 Å². The molecule has 19 heavy (non-hydrogen) atoms. The van der Waals surface area contributed by atoms with E-state index in [-0.39, 0.29) is 12.3 Å². The summed E-state index contributed by atoms with van der Waals surface area (Å²) in [6.07, 6.45) is 0. The van der Waals surface area contributed by atoms with Crippen LogP contribution >= 0.6 is 0 Å². The fourth-order valence-electron chi connectivity index (χ4n) is 1.72. The number of carbonyl (C=O) groups excluding carboxylic acids is 1. The maximum absolute atomic E-state index is 11.9. The summed E-state index contributed by atoms with van der Waals surface area (Å²) in [6.45, 7) is 0.895. The van der Waals surface area contributed by atoms with Gasteiger partial charge in [0, 0.05) is 12.1 Å². The summed E-state index contributed by atoms with van der Waals surface area (Å²) in [5, 5.41) is 11.9. The molecule has 0 atom stereocenters. The lowest BCUT2D eigenvalue weighted by molar-refractivity contribution is 0.0991. The van der Waals surface area contributed by atoms with E-state index < -0.39 is 0 Å². The zero-order valence-corrected chi connectivity index (χ0v) is 10.4. The fraction of sp³-hybridized carbons (Fsp3) is 0.125. The molecule has 0 saturated carbocycles. The SMILES string of the molecule is N#Cc1cccc(C(=O)CNCc2cc[c]cc2)c1. The second-order valence-electron chi connectivity index (χ2n) is 4.13. The molecule has 0 aliphatic carbocycles. The smallest absolute Gasteiger partial charge is 0.176 e. The molecular weight excluding hydrogens is 236 g/mol. The molecule has 0 aliphatic rings. The first-order valence-corrected chi connectivity index (χ1v) is 5.98. The first-order chi connectivity index (χ1) is 9.29. The van der Waals surface area contributed by atoms with Crippen molar-refractivity contribution in [1.82, 2.24) is 5.32 Å². The number of nitriles is 1. The van der Waals surface area contributed by atoms with Crippen molar-refractivity contribution in [3.05, 3.63) is 71.3 Å². The first-order valence-electron chi connectivity index (χ1n) is 5.98. The van der Waals surface area contributed by atoms with Gasteiger partial charge in [0.25, 0.3) is 0 Å². The van der Waals surface area contributed by atoms with Gasteiger partial charge in [0.2, 0.25) is 0 Å². The van der Waals surface area contributed by atoms with E-state index in [1.807, 2.05) is 30.3 Å². The maximum atomic E-state index is 11.9. The van der Waals surface area contributed by atoms with Crippen molar-refractivity contribution in [1.29, 1.82) is 5.26 Å². The second kappa shape index (κ2) is 6.48. The standard InChI is InChI=1S/C16H13N2O/c17-10-14-7-4-8-15(9-14)16(19)12-18-11-13-5-2-1-3-6-13/h2-9,18H,11-12H2. The summed E-state index contributed by atoms with van der Waals surface area (Å²) < 4.78 is 0.